The first-order chi connectivity index (χ1) is 13.2. The third-order valence-corrected chi connectivity index (χ3v) is 6.55. The van der Waals surface area contributed by atoms with Gasteiger partial charge in [-0.05, 0) is 33.7 Å². The number of rotatable bonds is 3. The van der Waals surface area contributed by atoms with Gasteiger partial charge in [-0.15, -0.1) is 0 Å². The highest BCUT2D eigenvalue weighted by Crippen LogP contribution is 2.41. The van der Waals surface area contributed by atoms with Crippen LogP contribution in [0.25, 0.3) is 32.7 Å². The molecule has 0 saturated carbocycles. The largest absolute Gasteiger partial charge is 0.238 e. The van der Waals surface area contributed by atoms with Gasteiger partial charge in [-0.1, -0.05) is 60.7 Å². The van der Waals surface area contributed by atoms with Crippen LogP contribution in [-0.4, -0.2) is 16.8 Å². The molecule has 0 aromatic heterocycles. The Labute approximate surface area is 162 Å². The van der Waals surface area contributed by atoms with E-state index in [9.17, 15) is 16.8 Å². The molecular weight excluding hydrogens is 396 g/mol. The SMILES string of the molecule is NS(=O)(=O)c1ccc2ccccc2c1-c1c(S(N)(=O)=O)ccc2ccccc12. The fourth-order valence-corrected chi connectivity index (χ4v) is 5.00. The third kappa shape index (κ3) is 3.06. The van der Waals surface area contributed by atoms with Crippen LogP contribution in [0.15, 0.2) is 82.6 Å². The molecule has 4 aromatic rings. The van der Waals surface area contributed by atoms with Crippen LogP contribution >= 0.6 is 0 Å². The summed E-state index contributed by atoms with van der Waals surface area (Å²) < 4.78 is 49.5. The lowest BCUT2D eigenvalue weighted by molar-refractivity contribution is 0.595. The van der Waals surface area contributed by atoms with Crippen molar-refractivity contribution in [2.45, 2.75) is 9.79 Å². The number of hydrogen-bond donors (Lipinski definition) is 2. The monoisotopic (exact) mass is 412 g/mol. The van der Waals surface area contributed by atoms with Gasteiger partial charge in [0.15, 0.2) is 0 Å². The first kappa shape index (κ1) is 18.6. The van der Waals surface area contributed by atoms with Gasteiger partial charge in [0.2, 0.25) is 20.0 Å². The van der Waals surface area contributed by atoms with Gasteiger partial charge in [0, 0.05) is 11.1 Å². The molecule has 0 aliphatic rings. The summed E-state index contributed by atoms with van der Waals surface area (Å²) in [5.41, 5.74) is 0.447. The van der Waals surface area contributed by atoms with Gasteiger partial charge >= 0.3 is 0 Å². The summed E-state index contributed by atoms with van der Waals surface area (Å²) in [6, 6.07) is 20.3. The summed E-state index contributed by atoms with van der Waals surface area (Å²) in [5, 5.41) is 13.6. The van der Waals surface area contributed by atoms with Crippen molar-refractivity contribution < 1.29 is 16.8 Å². The molecule has 4 rings (SSSR count). The minimum Gasteiger partial charge on any atom is -0.225 e. The van der Waals surface area contributed by atoms with Crippen LogP contribution in [0.1, 0.15) is 0 Å². The van der Waals surface area contributed by atoms with Gasteiger partial charge in [0.05, 0.1) is 9.79 Å². The maximum absolute atomic E-state index is 12.4. The molecule has 4 N–H and O–H groups in total. The Morgan fingerprint density at radius 3 is 1.21 bits per heavy atom. The number of fused-ring (bicyclic) bond motifs is 2. The zero-order chi connectivity index (χ0) is 20.1. The van der Waals surface area contributed by atoms with Crippen molar-refractivity contribution in [2.24, 2.45) is 10.3 Å². The Kier molecular flexibility index (Phi) is 4.24. The molecule has 4 aromatic carbocycles. The standard InChI is InChI=1S/C20H16N2O4S2/c21-27(23,24)17-11-9-13-5-1-3-7-15(13)19(17)20-16-8-4-2-6-14(16)10-12-18(20)28(22,25)26/h1-12H,(H2,21,23,24)(H2,22,25,26). The Morgan fingerprint density at radius 1 is 0.500 bits per heavy atom. The quantitative estimate of drug-likeness (QED) is 0.537. The van der Waals surface area contributed by atoms with Crippen molar-refractivity contribution in [3.63, 3.8) is 0 Å². The molecule has 0 amide bonds. The summed E-state index contributed by atoms with van der Waals surface area (Å²) in [6.07, 6.45) is 0. The van der Waals surface area contributed by atoms with E-state index in [1.807, 2.05) is 24.3 Å². The van der Waals surface area contributed by atoms with Crippen LogP contribution in [0, 0.1) is 0 Å². The van der Waals surface area contributed by atoms with Gasteiger partial charge in [0.1, 0.15) is 0 Å². The van der Waals surface area contributed by atoms with E-state index in [-0.39, 0.29) is 20.9 Å². The van der Waals surface area contributed by atoms with E-state index >= 15 is 0 Å². The lowest BCUT2D eigenvalue weighted by Gasteiger charge is -2.17. The summed E-state index contributed by atoms with van der Waals surface area (Å²) in [4.78, 5) is -0.320. The molecule has 0 atom stereocenters. The summed E-state index contributed by atoms with van der Waals surface area (Å²) in [6.45, 7) is 0. The second-order valence-corrected chi connectivity index (χ2v) is 9.47. The van der Waals surface area contributed by atoms with Crippen LogP contribution in [0.4, 0.5) is 0 Å². The predicted octanol–water partition coefficient (Wildman–Crippen LogP) is 2.95. The van der Waals surface area contributed by atoms with Gasteiger partial charge in [-0.25, -0.2) is 27.1 Å². The highest BCUT2D eigenvalue weighted by Gasteiger charge is 2.25. The van der Waals surface area contributed by atoms with E-state index in [0.29, 0.717) is 10.8 Å². The van der Waals surface area contributed by atoms with Gasteiger partial charge in [-0.2, -0.15) is 0 Å². The molecule has 0 aliphatic heterocycles. The van der Waals surface area contributed by atoms with Crippen LogP contribution in [0.3, 0.4) is 0 Å². The second kappa shape index (κ2) is 6.39. The van der Waals surface area contributed by atoms with Crippen molar-refractivity contribution in [1.82, 2.24) is 0 Å². The fraction of sp³-hybridized carbons (Fsp3) is 0. The molecule has 0 aliphatic carbocycles. The molecular formula is C20H16N2O4S2. The molecule has 6 nitrogen and oxygen atoms in total. The third-order valence-electron chi connectivity index (χ3n) is 4.64. The van der Waals surface area contributed by atoms with Gasteiger partial charge < -0.3 is 0 Å². The summed E-state index contributed by atoms with van der Waals surface area (Å²) >= 11 is 0. The number of sulfonamides is 2. The zero-order valence-corrected chi connectivity index (χ0v) is 16.2. The van der Waals surface area contributed by atoms with Crippen molar-refractivity contribution in [1.29, 1.82) is 0 Å². The minimum atomic E-state index is -4.14. The average Bonchev–Trinajstić information content (AvgIpc) is 2.64. The Hall–Kier alpha value is -2.78. The smallest absolute Gasteiger partial charge is 0.225 e. The molecule has 8 heteroatoms. The lowest BCUT2D eigenvalue weighted by atomic mass is 9.94. The summed E-state index contributed by atoms with van der Waals surface area (Å²) in [5.74, 6) is 0. The first-order valence-corrected chi connectivity index (χ1v) is 11.4. The van der Waals surface area contributed by atoms with E-state index in [2.05, 4.69) is 0 Å². The first-order valence-electron chi connectivity index (χ1n) is 8.27. The predicted molar refractivity (Wildman–Crippen MR) is 110 cm³/mol. The fourth-order valence-electron chi connectivity index (χ4n) is 3.49. The summed E-state index contributed by atoms with van der Waals surface area (Å²) in [7, 11) is -8.28. The number of primary sulfonamides is 2. The van der Waals surface area contributed by atoms with Gasteiger partial charge in [-0.3, -0.25) is 0 Å². The van der Waals surface area contributed by atoms with E-state index < -0.39 is 20.0 Å². The number of nitrogens with two attached hydrogens (primary N) is 2. The maximum Gasteiger partial charge on any atom is 0.238 e. The minimum absolute atomic E-state index is 0.160. The topological polar surface area (TPSA) is 120 Å². The average molecular weight is 412 g/mol. The number of hydrogen-bond acceptors (Lipinski definition) is 4. The zero-order valence-electron chi connectivity index (χ0n) is 14.5. The molecule has 142 valence electrons. The van der Waals surface area contributed by atoms with E-state index in [4.69, 9.17) is 10.3 Å². The molecule has 0 unspecified atom stereocenters. The molecule has 28 heavy (non-hydrogen) atoms. The normalized spacial score (nSPS) is 12.5. The van der Waals surface area contributed by atoms with Crippen LogP contribution < -0.4 is 10.3 Å². The van der Waals surface area contributed by atoms with Crippen LogP contribution in [0.2, 0.25) is 0 Å². The highest BCUT2D eigenvalue weighted by molar-refractivity contribution is 7.89. The van der Waals surface area contributed by atoms with E-state index in [0.717, 1.165) is 10.8 Å². The van der Waals surface area contributed by atoms with Gasteiger partial charge in [0.25, 0.3) is 0 Å². The van der Waals surface area contributed by atoms with Crippen molar-refractivity contribution in [3.05, 3.63) is 72.8 Å². The lowest BCUT2D eigenvalue weighted by Crippen LogP contribution is -2.16. The molecule has 0 bridgehead atoms. The second-order valence-electron chi connectivity index (χ2n) is 6.41. The number of benzene rings is 4. The van der Waals surface area contributed by atoms with Crippen molar-refractivity contribution in [2.75, 3.05) is 0 Å². The van der Waals surface area contributed by atoms with Crippen molar-refractivity contribution >= 4 is 41.6 Å². The van der Waals surface area contributed by atoms with Crippen LogP contribution in [0.5, 0.6) is 0 Å². The maximum atomic E-state index is 12.4. The van der Waals surface area contributed by atoms with Crippen LogP contribution in [-0.2, 0) is 20.0 Å². The Bertz CT molecular complexity index is 1350. The molecule has 0 spiro atoms. The molecule has 0 saturated heterocycles. The Balaban J connectivity index is 2.34. The van der Waals surface area contributed by atoms with Crippen molar-refractivity contribution in [3.8, 4) is 11.1 Å². The molecule has 0 radical (unpaired) electrons. The molecule has 0 fully saturated rings. The van der Waals surface area contributed by atoms with E-state index in [1.165, 1.54) is 12.1 Å². The molecule has 0 heterocycles. The Morgan fingerprint density at radius 2 is 0.857 bits per heavy atom. The van der Waals surface area contributed by atoms with E-state index in [1.54, 1.807) is 36.4 Å². The highest BCUT2D eigenvalue weighted by atomic mass is 32.2.